The quantitative estimate of drug-likeness (QED) is 0.762. The van der Waals surface area contributed by atoms with Gasteiger partial charge in [0.05, 0.1) is 13.2 Å². The summed E-state index contributed by atoms with van der Waals surface area (Å²) in [5, 5.41) is 1.07. The molecule has 130 valence electrons. The van der Waals surface area contributed by atoms with Gasteiger partial charge < -0.3 is 14.9 Å². The lowest BCUT2D eigenvalue weighted by atomic mass is 10.0. The maximum atomic E-state index is 6.55. The van der Waals surface area contributed by atoms with Gasteiger partial charge in [-0.2, -0.15) is 0 Å². The third kappa shape index (κ3) is 3.28. The number of methoxy groups -OCH3 is 1. The van der Waals surface area contributed by atoms with Crippen molar-refractivity contribution in [3.05, 3.63) is 65.4 Å². The van der Waals surface area contributed by atoms with E-state index in [1.165, 1.54) is 31.5 Å². The van der Waals surface area contributed by atoms with E-state index in [4.69, 9.17) is 14.9 Å². The molecule has 1 aliphatic rings. The van der Waals surface area contributed by atoms with Crippen molar-refractivity contribution in [2.75, 3.05) is 20.2 Å². The Labute approximate surface area is 148 Å². The molecule has 4 nitrogen and oxygen atoms in total. The van der Waals surface area contributed by atoms with Crippen LogP contribution in [0.4, 0.5) is 0 Å². The number of hydrogen-bond acceptors (Lipinski definition) is 4. The lowest BCUT2D eigenvalue weighted by Gasteiger charge is -2.18. The summed E-state index contributed by atoms with van der Waals surface area (Å²) >= 11 is 0. The number of furan rings is 1. The van der Waals surface area contributed by atoms with Gasteiger partial charge in [-0.05, 0) is 55.8 Å². The molecule has 0 saturated carbocycles. The summed E-state index contributed by atoms with van der Waals surface area (Å²) < 4.78 is 11.5. The number of ether oxygens (including phenoxy) is 1. The molecule has 1 aromatic heterocycles. The topological polar surface area (TPSA) is 51.6 Å². The molecule has 25 heavy (non-hydrogen) atoms. The molecule has 1 unspecified atom stereocenters. The van der Waals surface area contributed by atoms with Gasteiger partial charge in [0.1, 0.15) is 17.1 Å². The molecule has 2 N–H and O–H groups in total. The Balaban J connectivity index is 1.66. The summed E-state index contributed by atoms with van der Waals surface area (Å²) in [5.41, 5.74) is 9.65. The van der Waals surface area contributed by atoms with Gasteiger partial charge in [-0.25, -0.2) is 0 Å². The Morgan fingerprint density at radius 2 is 1.92 bits per heavy atom. The highest BCUT2D eigenvalue weighted by molar-refractivity contribution is 5.78. The fourth-order valence-electron chi connectivity index (χ4n) is 3.63. The average molecular weight is 336 g/mol. The number of likely N-dealkylation sites (tertiary alicyclic amines) is 1. The smallest absolute Gasteiger partial charge is 0.134 e. The van der Waals surface area contributed by atoms with Crippen LogP contribution in [0.1, 0.15) is 35.8 Å². The Hall–Kier alpha value is -2.30. The number of para-hydroxylation sites is 1. The number of rotatable bonds is 5. The van der Waals surface area contributed by atoms with E-state index >= 15 is 0 Å². The van der Waals surface area contributed by atoms with Crippen molar-refractivity contribution in [3.63, 3.8) is 0 Å². The lowest BCUT2D eigenvalue weighted by Crippen LogP contribution is -2.19. The van der Waals surface area contributed by atoms with E-state index < -0.39 is 0 Å². The predicted molar refractivity (Wildman–Crippen MR) is 99.7 cm³/mol. The van der Waals surface area contributed by atoms with Crippen LogP contribution in [-0.2, 0) is 6.54 Å². The van der Waals surface area contributed by atoms with Crippen LogP contribution in [0.5, 0.6) is 5.75 Å². The zero-order valence-corrected chi connectivity index (χ0v) is 14.6. The first-order chi connectivity index (χ1) is 12.2. The molecule has 0 bridgehead atoms. The summed E-state index contributed by atoms with van der Waals surface area (Å²) in [4.78, 5) is 2.48. The number of nitrogens with two attached hydrogens (primary N) is 1. The van der Waals surface area contributed by atoms with Crippen molar-refractivity contribution in [2.45, 2.75) is 25.4 Å². The zero-order valence-electron chi connectivity index (χ0n) is 14.6. The largest absolute Gasteiger partial charge is 0.496 e. The molecular formula is C21H24N2O2. The SMILES string of the molecule is COc1ccc(CN2CCCC2)cc1C(N)c1cc2ccccc2o1. The normalized spacial score (nSPS) is 16.4. The molecule has 4 rings (SSSR count). The molecule has 4 heteroatoms. The van der Waals surface area contributed by atoms with Crippen molar-refractivity contribution < 1.29 is 9.15 Å². The summed E-state index contributed by atoms with van der Waals surface area (Å²) in [6, 6.07) is 16.0. The van der Waals surface area contributed by atoms with Crippen molar-refractivity contribution in [2.24, 2.45) is 5.73 Å². The maximum absolute atomic E-state index is 6.55. The minimum absolute atomic E-state index is 0.346. The predicted octanol–water partition coefficient (Wildman–Crippen LogP) is 4.09. The molecule has 1 aliphatic heterocycles. The van der Waals surface area contributed by atoms with E-state index in [2.05, 4.69) is 17.0 Å². The van der Waals surface area contributed by atoms with Gasteiger partial charge in [0.2, 0.25) is 0 Å². The van der Waals surface area contributed by atoms with Gasteiger partial charge in [-0.1, -0.05) is 24.3 Å². The molecule has 0 amide bonds. The van der Waals surface area contributed by atoms with Crippen LogP contribution < -0.4 is 10.5 Å². The van der Waals surface area contributed by atoms with Crippen LogP contribution >= 0.6 is 0 Å². The standard InChI is InChI=1S/C21H24N2O2/c1-24-19-9-8-15(14-23-10-4-5-11-23)12-17(19)21(22)20-13-16-6-2-3-7-18(16)25-20/h2-3,6-9,12-13,21H,4-5,10-11,14,22H2,1H3. The van der Waals surface area contributed by atoms with Crippen LogP contribution in [-0.4, -0.2) is 25.1 Å². The summed E-state index contributed by atoms with van der Waals surface area (Å²) in [6.45, 7) is 3.32. The molecule has 3 aromatic rings. The molecule has 0 spiro atoms. The van der Waals surface area contributed by atoms with Gasteiger partial charge in [0, 0.05) is 17.5 Å². The highest BCUT2D eigenvalue weighted by Crippen LogP contribution is 2.32. The van der Waals surface area contributed by atoms with Crippen LogP contribution in [0.25, 0.3) is 11.0 Å². The van der Waals surface area contributed by atoms with E-state index in [0.717, 1.165) is 34.6 Å². The highest BCUT2D eigenvalue weighted by atomic mass is 16.5. The van der Waals surface area contributed by atoms with Gasteiger partial charge in [0.15, 0.2) is 0 Å². The molecule has 1 fully saturated rings. The Morgan fingerprint density at radius 3 is 2.68 bits per heavy atom. The first-order valence-corrected chi connectivity index (χ1v) is 8.88. The fraction of sp³-hybridized carbons (Fsp3) is 0.333. The summed E-state index contributed by atoms with van der Waals surface area (Å²) in [7, 11) is 1.68. The third-order valence-electron chi connectivity index (χ3n) is 4.99. The van der Waals surface area contributed by atoms with Crippen molar-refractivity contribution in [1.82, 2.24) is 4.90 Å². The highest BCUT2D eigenvalue weighted by Gasteiger charge is 2.20. The number of hydrogen-bond donors (Lipinski definition) is 1. The van der Waals surface area contributed by atoms with Gasteiger partial charge in [-0.3, -0.25) is 4.90 Å². The van der Waals surface area contributed by atoms with E-state index in [0.29, 0.717) is 0 Å². The summed E-state index contributed by atoms with van der Waals surface area (Å²) in [6.07, 6.45) is 2.59. The van der Waals surface area contributed by atoms with Crippen molar-refractivity contribution >= 4 is 11.0 Å². The minimum Gasteiger partial charge on any atom is -0.496 e. The van der Waals surface area contributed by atoms with E-state index in [9.17, 15) is 0 Å². The molecular weight excluding hydrogens is 312 g/mol. The molecule has 1 saturated heterocycles. The fourth-order valence-corrected chi connectivity index (χ4v) is 3.63. The lowest BCUT2D eigenvalue weighted by molar-refractivity contribution is 0.330. The number of nitrogens with zero attached hydrogens (tertiary/aromatic N) is 1. The van der Waals surface area contributed by atoms with Crippen LogP contribution in [0.15, 0.2) is 52.9 Å². The monoisotopic (exact) mass is 336 g/mol. The first-order valence-electron chi connectivity index (χ1n) is 8.88. The second kappa shape index (κ2) is 6.90. The van der Waals surface area contributed by atoms with E-state index in [1.807, 2.05) is 36.4 Å². The average Bonchev–Trinajstić information content (AvgIpc) is 3.30. The zero-order chi connectivity index (χ0) is 17.2. The molecule has 2 heterocycles. The van der Waals surface area contributed by atoms with Gasteiger partial charge in [-0.15, -0.1) is 0 Å². The Morgan fingerprint density at radius 1 is 1.12 bits per heavy atom. The van der Waals surface area contributed by atoms with E-state index in [-0.39, 0.29) is 6.04 Å². The molecule has 2 aromatic carbocycles. The Kier molecular flexibility index (Phi) is 4.47. The van der Waals surface area contributed by atoms with E-state index in [1.54, 1.807) is 7.11 Å². The number of benzene rings is 2. The van der Waals surface area contributed by atoms with Gasteiger partial charge >= 0.3 is 0 Å². The second-order valence-corrected chi connectivity index (χ2v) is 6.72. The first kappa shape index (κ1) is 16.2. The maximum Gasteiger partial charge on any atom is 0.134 e. The molecule has 1 atom stereocenters. The number of fused-ring (bicyclic) bond motifs is 1. The second-order valence-electron chi connectivity index (χ2n) is 6.72. The van der Waals surface area contributed by atoms with Crippen LogP contribution in [0.3, 0.4) is 0 Å². The summed E-state index contributed by atoms with van der Waals surface area (Å²) in [5.74, 6) is 1.57. The molecule has 0 radical (unpaired) electrons. The van der Waals surface area contributed by atoms with Crippen molar-refractivity contribution in [1.29, 1.82) is 0 Å². The minimum atomic E-state index is -0.346. The third-order valence-corrected chi connectivity index (χ3v) is 4.99. The van der Waals surface area contributed by atoms with Crippen LogP contribution in [0.2, 0.25) is 0 Å². The van der Waals surface area contributed by atoms with Gasteiger partial charge in [0.25, 0.3) is 0 Å². The Bertz CT molecular complexity index is 832. The molecule has 0 aliphatic carbocycles. The van der Waals surface area contributed by atoms with Crippen LogP contribution in [0, 0.1) is 0 Å². The van der Waals surface area contributed by atoms with Crippen molar-refractivity contribution in [3.8, 4) is 5.75 Å².